The van der Waals surface area contributed by atoms with E-state index in [2.05, 4.69) is 51.5 Å². The highest BCUT2D eigenvalue weighted by molar-refractivity contribution is 5.76. The van der Waals surface area contributed by atoms with Gasteiger partial charge in [0, 0.05) is 44.6 Å². The smallest absolute Gasteiger partial charge is 0.227 e. The van der Waals surface area contributed by atoms with Gasteiger partial charge in [-0.3, -0.25) is 4.79 Å². The lowest BCUT2D eigenvalue weighted by Crippen LogP contribution is -2.36. The van der Waals surface area contributed by atoms with Crippen LogP contribution in [0.25, 0.3) is 0 Å². The Kier molecular flexibility index (Phi) is 6.60. The third-order valence-corrected chi connectivity index (χ3v) is 4.35. The number of amides is 1. The number of aromatic nitrogens is 2. The predicted octanol–water partition coefficient (Wildman–Crippen LogP) is 2.11. The number of aryl methyl sites for hydroxylation is 2. The number of hydrogen-bond acceptors (Lipinski definition) is 6. The van der Waals surface area contributed by atoms with Gasteiger partial charge in [-0.25, -0.2) is 0 Å². The number of rotatable bonds is 8. The van der Waals surface area contributed by atoms with Gasteiger partial charge in [0.25, 0.3) is 0 Å². The monoisotopic (exact) mass is 358 g/mol. The summed E-state index contributed by atoms with van der Waals surface area (Å²) in [5, 5.41) is 6.83. The third kappa shape index (κ3) is 5.29. The van der Waals surface area contributed by atoms with Crippen LogP contribution in [0.15, 0.2) is 28.8 Å². The summed E-state index contributed by atoms with van der Waals surface area (Å²) in [5.74, 6) is 1.22. The Morgan fingerprint density at radius 3 is 2.69 bits per heavy atom. The Labute approximate surface area is 153 Å². The minimum Gasteiger partial charge on any atom is -0.378 e. The molecule has 1 aliphatic rings. The van der Waals surface area contributed by atoms with Crippen LogP contribution in [0.1, 0.15) is 37.0 Å². The standard InChI is InChI=1S/C19H26N4O3/c1-2-3-17-21-19(26-22-17)9-8-18(24)20-14-15-4-6-16(7-5-15)23-10-12-25-13-11-23/h4-7H,2-3,8-14H2,1H3,(H,20,24). The van der Waals surface area contributed by atoms with Gasteiger partial charge in [0.2, 0.25) is 11.8 Å². The van der Waals surface area contributed by atoms with Crippen LogP contribution >= 0.6 is 0 Å². The maximum Gasteiger partial charge on any atom is 0.227 e. The molecular weight excluding hydrogens is 332 g/mol. The number of nitrogens with zero attached hydrogens (tertiary/aromatic N) is 3. The van der Waals surface area contributed by atoms with E-state index in [1.807, 2.05) is 0 Å². The van der Waals surface area contributed by atoms with Crippen LogP contribution < -0.4 is 10.2 Å². The molecule has 7 heteroatoms. The molecule has 0 unspecified atom stereocenters. The van der Waals surface area contributed by atoms with Crippen LogP contribution in [0.3, 0.4) is 0 Å². The number of hydrogen-bond donors (Lipinski definition) is 1. The van der Waals surface area contributed by atoms with Crippen LogP contribution in [0, 0.1) is 0 Å². The van der Waals surface area contributed by atoms with Crippen LogP contribution in [0.5, 0.6) is 0 Å². The first-order valence-corrected chi connectivity index (χ1v) is 9.24. The molecule has 140 valence electrons. The van der Waals surface area contributed by atoms with Crippen LogP contribution in [0.2, 0.25) is 0 Å². The van der Waals surface area contributed by atoms with Crippen molar-refractivity contribution in [3.8, 4) is 0 Å². The lowest BCUT2D eigenvalue weighted by molar-refractivity contribution is -0.121. The molecule has 1 amide bonds. The number of carbonyl (C=O) groups is 1. The van der Waals surface area contributed by atoms with Gasteiger partial charge in [-0.05, 0) is 24.1 Å². The topological polar surface area (TPSA) is 80.5 Å². The van der Waals surface area contributed by atoms with E-state index >= 15 is 0 Å². The molecule has 2 aromatic rings. The average molecular weight is 358 g/mol. The normalized spacial score (nSPS) is 14.4. The molecule has 0 aliphatic carbocycles. The first kappa shape index (κ1) is 18.4. The van der Waals surface area contributed by atoms with E-state index in [1.165, 1.54) is 5.69 Å². The zero-order valence-corrected chi connectivity index (χ0v) is 15.2. The first-order valence-electron chi connectivity index (χ1n) is 9.24. The Balaban J connectivity index is 1.40. The summed E-state index contributed by atoms with van der Waals surface area (Å²) in [6.45, 7) is 5.98. The lowest BCUT2D eigenvalue weighted by atomic mass is 10.2. The maximum atomic E-state index is 12.0. The fraction of sp³-hybridized carbons (Fsp3) is 0.526. The molecule has 7 nitrogen and oxygen atoms in total. The second-order valence-corrected chi connectivity index (χ2v) is 6.40. The molecule has 1 N–H and O–H groups in total. The summed E-state index contributed by atoms with van der Waals surface area (Å²) < 4.78 is 10.5. The summed E-state index contributed by atoms with van der Waals surface area (Å²) in [6.07, 6.45) is 2.60. The molecule has 1 aromatic carbocycles. The van der Waals surface area contributed by atoms with Crippen molar-refractivity contribution >= 4 is 11.6 Å². The van der Waals surface area contributed by atoms with Gasteiger partial charge in [-0.1, -0.05) is 24.2 Å². The zero-order valence-electron chi connectivity index (χ0n) is 15.2. The van der Waals surface area contributed by atoms with Crippen molar-refractivity contribution in [1.29, 1.82) is 0 Å². The number of nitrogens with one attached hydrogen (secondary N) is 1. The number of benzene rings is 1. The summed E-state index contributed by atoms with van der Waals surface area (Å²) in [4.78, 5) is 18.6. The van der Waals surface area contributed by atoms with Crippen molar-refractivity contribution in [2.24, 2.45) is 0 Å². The van der Waals surface area contributed by atoms with Crippen molar-refractivity contribution in [3.05, 3.63) is 41.5 Å². The van der Waals surface area contributed by atoms with Gasteiger partial charge in [-0.2, -0.15) is 4.98 Å². The van der Waals surface area contributed by atoms with Crippen molar-refractivity contribution in [3.63, 3.8) is 0 Å². The Bertz CT molecular complexity index is 693. The molecule has 2 heterocycles. The van der Waals surface area contributed by atoms with E-state index in [4.69, 9.17) is 9.26 Å². The number of morpholine rings is 1. The highest BCUT2D eigenvalue weighted by atomic mass is 16.5. The molecule has 0 saturated carbocycles. The van der Waals surface area contributed by atoms with E-state index in [1.54, 1.807) is 0 Å². The number of ether oxygens (including phenoxy) is 1. The van der Waals surface area contributed by atoms with Crippen LogP contribution in [0.4, 0.5) is 5.69 Å². The first-order chi connectivity index (χ1) is 12.7. The summed E-state index contributed by atoms with van der Waals surface area (Å²) in [5.41, 5.74) is 2.28. The largest absolute Gasteiger partial charge is 0.378 e. The molecule has 1 saturated heterocycles. The van der Waals surface area contributed by atoms with Crippen LogP contribution in [-0.4, -0.2) is 42.4 Å². The maximum absolute atomic E-state index is 12.0. The molecule has 0 spiro atoms. The SMILES string of the molecule is CCCc1noc(CCC(=O)NCc2ccc(N3CCOCC3)cc2)n1. The highest BCUT2D eigenvalue weighted by Gasteiger charge is 2.11. The van der Waals surface area contributed by atoms with Gasteiger partial charge < -0.3 is 19.5 Å². The van der Waals surface area contributed by atoms with Gasteiger partial charge in [-0.15, -0.1) is 0 Å². The fourth-order valence-electron chi connectivity index (χ4n) is 2.87. The quantitative estimate of drug-likeness (QED) is 0.778. The van der Waals surface area contributed by atoms with Crippen molar-refractivity contribution in [2.75, 3.05) is 31.2 Å². The van der Waals surface area contributed by atoms with E-state index in [-0.39, 0.29) is 5.91 Å². The summed E-state index contributed by atoms with van der Waals surface area (Å²) in [7, 11) is 0. The second-order valence-electron chi connectivity index (χ2n) is 6.40. The van der Waals surface area contributed by atoms with Gasteiger partial charge in [0.05, 0.1) is 13.2 Å². The van der Waals surface area contributed by atoms with Crippen molar-refractivity contribution in [2.45, 2.75) is 39.2 Å². The number of carbonyl (C=O) groups excluding carboxylic acids is 1. The molecular formula is C19H26N4O3. The highest BCUT2D eigenvalue weighted by Crippen LogP contribution is 2.16. The van der Waals surface area contributed by atoms with Gasteiger partial charge in [0.15, 0.2) is 5.82 Å². The molecule has 0 atom stereocenters. The minimum atomic E-state index is -0.0162. The van der Waals surface area contributed by atoms with E-state index in [0.717, 1.165) is 44.7 Å². The third-order valence-electron chi connectivity index (χ3n) is 4.35. The molecule has 1 fully saturated rings. The second kappa shape index (κ2) is 9.33. The fourth-order valence-corrected chi connectivity index (χ4v) is 2.87. The Hall–Kier alpha value is -2.41. The molecule has 0 bridgehead atoms. The van der Waals surface area contributed by atoms with Gasteiger partial charge >= 0.3 is 0 Å². The van der Waals surface area contributed by atoms with Crippen molar-refractivity contribution in [1.82, 2.24) is 15.5 Å². The lowest BCUT2D eigenvalue weighted by Gasteiger charge is -2.28. The summed E-state index contributed by atoms with van der Waals surface area (Å²) >= 11 is 0. The molecule has 1 aromatic heterocycles. The van der Waals surface area contributed by atoms with Gasteiger partial charge in [0.1, 0.15) is 0 Å². The molecule has 0 radical (unpaired) electrons. The summed E-state index contributed by atoms with van der Waals surface area (Å²) in [6, 6.07) is 8.31. The van der Waals surface area contributed by atoms with E-state index < -0.39 is 0 Å². The van der Waals surface area contributed by atoms with Crippen LogP contribution in [-0.2, 0) is 28.9 Å². The zero-order chi connectivity index (χ0) is 18.2. The van der Waals surface area contributed by atoms with Crippen molar-refractivity contribution < 1.29 is 14.1 Å². The minimum absolute atomic E-state index is 0.0162. The average Bonchev–Trinajstić information content (AvgIpc) is 3.14. The molecule has 3 rings (SSSR count). The Morgan fingerprint density at radius 2 is 1.96 bits per heavy atom. The number of anilines is 1. The van der Waals surface area contributed by atoms with E-state index in [0.29, 0.717) is 31.1 Å². The Morgan fingerprint density at radius 1 is 1.19 bits per heavy atom. The predicted molar refractivity (Wildman–Crippen MR) is 97.9 cm³/mol. The molecule has 1 aliphatic heterocycles. The molecule has 26 heavy (non-hydrogen) atoms. The van der Waals surface area contributed by atoms with E-state index in [9.17, 15) is 4.79 Å².